The lowest BCUT2D eigenvalue weighted by Gasteiger charge is -2.01. The minimum absolute atomic E-state index is 0.352. The fraction of sp³-hybridized carbons (Fsp3) is 0.182. The van der Waals surface area contributed by atoms with E-state index in [2.05, 4.69) is 4.98 Å². The molecule has 2 rings (SSSR count). The highest BCUT2D eigenvalue weighted by Crippen LogP contribution is 2.16. The highest BCUT2D eigenvalue weighted by Gasteiger charge is 2.00. The van der Waals surface area contributed by atoms with Gasteiger partial charge in [-0.1, -0.05) is 29.8 Å². The van der Waals surface area contributed by atoms with E-state index >= 15 is 0 Å². The van der Waals surface area contributed by atoms with Crippen LogP contribution in [-0.4, -0.2) is 9.55 Å². The standard InChI is InChI=1S/C11H12N2/c1-9-3-5-10(6-4-9)11-12-7-8-13(11)2/h3-8H,1-2H3/i1D3. The quantitative estimate of drug-likeness (QED) is 0.650. The molecule has 66 valence electrons. The Bertz CT molecular complexity index is 483. The molecule has 0 saturated heterocycles. The van der Waals surface area contributed by atoms with Crippen molar-refractivity contribution in [2.45, 2.75) is 6.85 Å². The summed E-state index contributed by atoms with van der Waals surface area (Å²) in [6, 6.07) is 6.81. The zero-order chi connectivity index (χ0) is 11.8. The molecule has 0 aliphatic rings. The number of rotatable bonds is 1. The molecule has 1 heterocycles. The molecule has 1 aromatic carbocycles. The minimum Gasteiger partial charge on any atom is -0.334 e. The van der Waals surface area contributed by atoms with Gasteiger partial charge in [0.25, 0.3) is 0 Å². The Morgan fingerprint density at radius 2 is 2.08 bits per heavy atom. The highest BCUT2D eigenvalue weighted by molar-refractivity contribution is 5.55. The Morgan fingerprint density at radius 1 is 1.31 bits per heavy atom. The molecule has 0 aliphatic carbocycles. The fourth-order valence-corrected chi connectivity index (χ4v) is 1.26. The number of aromatic nitrogens is 2. The van der Waals surface area contributed by atoms with E-state index in [0.29, 0.717) is 5.56 Å². The Morgan fingerprint density at radius 3 is 2.62 bits per heavy atom. The first-order chi connectivity index (χ1) is 7.48. The van der Waals surface area contributed by atoms with Crippen LogP contribution in [0.4, 0.5) is 0 Å². The van der Waals surface area contributed by atoms with Crippen LogP contribution in [0.25, 0.3) is 11.4 Å². The second kappa shape index (κ2) is 3.05. The molecule has 0 unspecified atom stereocenters. The van der Waals surface area contributed by atoms with Gasteiger partial charge in [0, 0.05) is 29.1 Å². The summed E-state index contributed by atoms with van der Waals surface area (Å²) < 4.78 is 23.7. The number of aryl methyl sites for hydroxylation is 2. The van der Waals surface area contributed by atoms with Gasteiger partial charge in [0.2, 0.25) is 0 Å². The van der Waals surface area contributed by atoms with Crippen LogP contribution < -0.4 is 0 Å². The van der Waals surface area contributed by atoms with Gasteiger partial charge in [-0.25, -0.2) is 4.98 Å². The summed E-state index contributed by atoms with van der Waals surface area (Å²) in [6.45, 7) is -2.04. The minimum atomic E-state index is -2.04. The third-order valence-electron chi connectivity index (χ3n) is 1.96. The fourth-order valence-electron chi connectivity index (χ4n) is 1.26. The van der Waals surface area contributed by atoms with Gasteiger partial charge in [0.15, 0.2) is 0 Å². The molecule has 0 amide bonds. The Labute approximate surface area is 82.1 Å². The molecule has 0 saturated carbocycles. The van der Waals surface area contributed by atoms with Crippen molar-refractivity contribution in [3.05, 3.63) is 42.2 Å². The average molecular weight is 175 g/mol. The van der Waals surface area contributed by atoms with Crippen molar-refractivity contribution in [2.75, 3.05) is 0 Å². The first kappa shape index (κ1) is 5.22. The molecule has 2 aromatic rings. The van der Waals surface area contributed by atoms with E-state index in [0.717, 1.165) is 11.4 Å². The molecular weight excluding hydrogens is 160 g/mol. The van der Waals surface area contributed by atoms with Gasteiger partial charge in [0.1, 0.15) is 5.82 Å². The number of imidazole rings is 1. The van der Waals surface area contributed by atoms with Crippen molar-refractivity contribution in [3.63, 3.8) is 0 Å². The van der Waals surface area contributed by atoms with E-state index in [9.17, 15) is 0 Å². The van der Waals surface area contributed by atoms with Crippen LogP contribution in [0.1, 0.15) is 9.68 Å². The third kappa shape index (κ3) is 1.47. The molecule has 2 heteroatoms. The van der Waals surface area contributed by atoms with E-state index in [-0.39, 0.29) is 0 Å². The van der Waals surface area contributed by atoms with Crippen LogP contribution in [0.2, 0.25) is 0 Å². The van der Waals surface area contributed by atoms with Crippen molar-refractivity contribution in [3.8, 4) is 11.4 Å². The Balaban J connectivity index is 2.37. The summed E-state index contributed by atoms with van der Waals surface area (Å²) in [5.41, 5.74) is 1.27. The molecular formula is C11H12N2. The zero-order valence-corrected chi connectivity index (χ0v) is 7.36. The molecule has 1 aromatic heterocycles. The van der Waals surface area contributed by atoms with Gasteiger partial charge >= 0.3 is 0 Å². The predicted octanol–water partition coefficient (Wildman–Crippen LogP) is 2.40. The summed E-state index contributed by atoms with van der Waals surface area (Å²) in [7, 11) is 1.90. The average Bonchev–Trinajstić information content (AvgIpc) is 2.63. The molecule has 13 heavy (non-hydrogen) atoms. The van der Waals surface area contributed by atoms with Gasteiger partial charge in [-0.05, 0) is 6.85 Å². The van der Waals surface area contributed by atoms with Crippen LogP contribution in [0.15, 0.2) is 36.7 Å². The van der Waals surface area contributed by atoms with E-state index in [1.54, 1.807) is 30.5 Å². The van der Waals surface area contributed by atoms with E-state index in [1.165, 1.54) is 0 Å². The summed E-state index contributed by atoms with van der Waals surface area (Å²) in [4.78, 5) is 4.20. The lowest BCUT2D eigenvalue weighted by molar-refractivity contribution is 0.925. The SMILES string of the molecule is [2H]C([2H])([2H])c1ccc(-c2nccn2C)cc1. The third-order valence-corrected chi connectivity index (χ3v) is 1.96. The van der Waals surface area contributed by atoms with Crippen LogP contribution in [-0.2, 0) is 7.05 Å². The maximum atomic E-state index is 7.27. The lowest BCUT2D eigenvalue weighted by Crippen LogP contribution is -1.90. The normalized spacial score (nSPS) is 14.7. The molecule has 0 spiro atoms. The first-order valence-corrected chi connectivity index (χ1v) is 4.07. The lowest BCUT2D eigenvalue weighted by atomic mass is 10.1. The predicted molar refractivity (Wildman–Crippen MR) is 53.4 cm³/mol. The summed E-state index contributed by atoms with van der Waals surface area (Å²) >= 11 is 0. The van der Waals surface area contributed by atoms with Crippen LogP contribution in [0.3, 0.4) is 0 Å². The van der Waals surface area contributed by atoms with Crippen LogP contribution in [0.5, 0.6) is 0 Å². The number of hydrogen-bond acceptors (Lipinski definition) is 1. The molecule has 0 fully saturated rings. The first-order valence-electron chi connectivity index (χ1n) is 5.57. The smallest absolute Gasteiger partial charge is 0.139 e. The molecule has 0 atom stereocenters. The van der Waals surface area contributed by atoms with Gasteiger partial charge in [-0.3, -0.25) is 0 Å². The van der Waals surface area contributed by atoms with Crippen molar-refractivity contribution in [1.29, 1.82) is 0 Å². The van der Waals surface area contributed by atoms with Gasteiger partial charge in [0.05, 0.1) is 0 Å². The Kier molecular flexibility index (Phi) is 1.23. The largest absolute Gasteiger partial charge is 0.334 e. The van der Waals surface area contributed by atoms with E-state index in [1.807, 2.05) is 17.8 Å². The van der Waals surface area contributed by atoms with E-state index in [4.69, 9.17) is 4.11 Å². The van der Waals surface area contributed by atoms with Crippen molar-refractivity contribution in [1.82, 2.24) is 9.55 Å². The van der Waals surface area contributed by atoms with E-state index < -0.39 is 6.85 Å². The monoisotopic (exact) mass is 175 g/mol. The van der Waals surface area contributed by atoms with Gasteiger partial charge in [-0.15, -0.1) is 0 Å². The zero-order valence-electron chi connectivity index (χ0n) is 10.4. The number of hydrogen-bond donors (Lipinski definition) is 0. The number of nitrogens with zero attached hydrogens (tertiary/aromatic N) is 2. The van der Waals surface area contributed by atoms with Crippen molar-refractivity contribution < 1.29 is 4.11 Å². The number of benzene rings is 1. The molecule has 0 radical (unpaired) electrons. The van der Waals surface area contributed by atoms with Crippen LogP contribution in [0, 0.1) is 6.85 Å². The van der Waals surface area contributed by atoms with Crippen molar-refractivity contribution >= 4 is 0 Å². The maximum Gasteiger partial charge on any atom is 0.139 e. The van der Waals surface area contributed by atoms with Gasteiger partial charge in [-0.2, -0.15) is 0 Å². The topological polar surface area (TPSA) is 17.8 Å². The summed E-state index contributed by atoms with van der Waals surface area (Å²) in [5, 5.41) is 0. The van der Waals surface area contributed by atoms with Gasteiger partial charge < -0.3 is 4.57 Å². The summed E-state index contributed by atoms with van der Waals surface area (Å²) in [5.74, 6) is 0.831. The van der Waals surface area contributed by atoms with Crippen molar-refractivity contribution in [2.24, 2.45) is 7.05 Å². The summed E-state index contributed by atoms with van der Waals surface area (Å²) in [6.07, 6.45) is 3.57. The molecule has 0 N–H and O–H groups in total. The van der Waals surface area contributed by atoms with Crippen LogP contribution >= 0.6 is 0 Å². The molecule has 0 aliphatic heterocycles. The Hall–Kier alpha value is -1.57. The second-order valence-electron chi connectivity index (χ2n) is 2.94. The maximum absolute atomic E-state index is 7.27. The second-order valence-corrected chi connectivity index (χ2v) is 2.94. The molecule has 2 nitrogen and oxygen atoms in total. The highest BCUT2D eigenvalue weighted by atomic mass is 15.0. The molecule has 0 bridgehead atoms.